The zero-order chi connectivity index (χ0) is 14.4. The number of aromatic nitrogens is 2. The molecule has 2 aromatic rings. The summed E-state index contributed by atoms with van der Waals surface area (Å²) in [6.07, 6.45) is 3.84. The molecule has 1 N–H and O–H groups in total. The number of carboxylic acids is 1. The molecule has 5 nitrogen and oxygen atoms in total. The minimum Gasteiger partial charge on any atom is -0.476 e. The van der Waals surface area contributed by atoms with Gasteiger partial charge in [-0.05, 0) is 30.7 Å². The average molecular weight is 283 g/mol. The summed E-state index contributed by atoms with van der Waals surface area (Å²) < 4.78 is 0. The van der Waals surface area contributed by atoms with Crippen LogP contribution in [0.4, 0.5) is 5.69 Å². The van der Waals surface area contributed by atoms with Gasteiger partial charge in [-0.2, -0.15) is 0 Å². The quantitative estimate of drug-likeness (QED) is 0.917. The van der Waals surface area contributed by atoms with Crippen LogP contribution in [0.25, 0.3) is 10.9 Å². The molecule has 21 heavy (non-hydrogen) atoms. The van der Waals surface area contributed by atoms with Crippen molar-refractivity contribution in [2.75, 3.05) is 18.0 Å². The molecule has 0 bridgehead atoms. The summed E-state index contributed by atoms with van der Waals surface area (Å²) in [5.41, 5.74) is 1.59. The molecule has 1 saturated heterocycles. The molecule has 1 aromatic carbocycles. The summed E-state index contributed by atoms with van der Waals surface area (Å²) in [4.78, 5) is 13.8. The second kappa shape index (κ2) is 4.69. The van der Waals surface area contributed by atoms with E-state index in [-0.39, 0.29) is 5.69 Å². The van der Waals surface area contributed by atoms with Gasteiger partial charge in [-0.15, -0.1) is 10.2 Å². The van der Waals surface area contributed by atoms with Crippen molar-refractivity contribution < 1.29 is 9.90 Å². The highest BCUT2D eigenvalue weighted by Gasteiger charge is 2.38. The topological polar surface area (TPSA) is 66.3 Å². The number of anilines is 1. The number of aromatic carboxylic acids is 1. The molecule has 1 aliphatic heterocycles. The van der Waals surface area contributed by atoms with Crippen molar-refractivity contribution in [1.82, 2.24) is 10.2 Å². The fourth-order valence-electron chi connectivity index (χ4n) is 3.92. The molecule has 0 radical (unpaired) electrons. The van der Waals surface area contributed by atoms with Gasteiger partial charge in [-0.25, -0.2) is 4.79 Å². The van der Waals surface area contributed by atoms with Crippen LogP contribution in [0, 0.1) is 11.8 Å². The second-order valence-electron chi connectivity index (χ2n) is 6.08. The lowest BCUT2D eigenvalue weighted by Gasteiger charge is -2.22. The molecule has 4 rings (SSSR count). The lowest BCUT2D eigenvalue weighted by Crippen LogP contribution is -2.24. The van der Waals surface area contributed by atoms with Gasteiger partial charge >= 0.3 is 5.97 Å². The Morgan fingerprint density at radius 1 is 1.14 bits per heavy atom. The number of benzene rings is 1. The highest BCUT2D eigenvalue weighted by Crippen LogP contribution is 2.41. The summed E-state index contributed by atoms with van der Waals surface area (Å²) in [6.45, 7) is 1.89. The van der Waals surface area contributed by atoms with Crippen molar-refractivity contribution in [2.24, 2.45) is 11.8 Å². The van der Waals surface area contributed by atoms with E-state index in [9.17, 15) is 9.90 Å². The van der Waals surface area contributed by atoms with E-state index in [4.69, 9.17) is 0 Å². The smallest absolute Gasteiger partial charge is 0.358 e. The van der Waals surface area contributed by atoms with Crippen molar-refractivity contribution in [2.45, 2.75) is 19.3 Å². The zero-order valence-corrected chi connectivity index (χ0v) is 11.7. The van der Waals surface area contributed by atoms with E-state index >= 15 is 0 Å². The molecule has 2 fully saturated rings. The molecule has 5 heteroatoms. The van der Waals surface area contributed by atoms with Crippen LogP contribution in [0.1, 0.15) is 29.8 Å². The Labute approximate surface area is 122 Å². The van der Waals surface area contributed by atoms with Crippen molar-refractivity contribution in [1.29, 1.82) is 0 Å². The minimum absolute atomic E-state index is 0.0775. The molecule has 2 heterocycles. The molecule has 2 aliphatic rings. The van der Waals surface area contributed by atoms with Crippen molar-refractivity contribution in [3.8, 4) is 0 Å². The average Bonchev–Trinajstić information content (AvgIpc) is 3.07. The van der Waals surface area contributed by atoms with Gasteiger partial charge in [0.25, 0.3) is 0 Å². The Kier molecular flexibility index (Phi) is 2.80. The highest BCUT2D eigenvalue weighted by molar-refractivity contribution is 6.02. The Bertz CT molecular complexity index is 704. The van der Waals surface area contributed by atoms with E-state index < -0.39 is 5.97 Å². The first-order valence-electron chi connectivity index (χ1n) is 7.47. The maximum Gasteiger partial charge on any atom is 0.358 e. The van der Waals surface area contributed by atoms with Gasteiger partial charge in [-0.3, -0.25) is 0 Å². The standard InChI is InChI=1S/C16H17N3O2/c20-16(21)14-15(12-6-1-2-7-13(12)17-18-14)19-8-10-4-3-5-11(10)9-19/h1-2,6-7,10-11H,3-5,8-9H2,(H,20,21). The first-order valence-corrected chi connectivity index (χ1v) is 7.47. The van der Waals surface area contributed by atoms with Gasteiger partial charge in [0, 0.05) is 18.5 Å². The van der Waals surface area contributed by atoms with Gasteiger partial charge in [-0.1, -0.05) is 24.6 Å². The van der Waals surface area contributed by atoms with Crippen LogP contribution in [0.2, 0.25) is 0 Å². The van der Waals surface area contributed by atoms with Gasteiger partial charge < -0.3 is 10.0 Å². The van der Waals surface area contributed by atoms with Crippen LogP contribution in [0.15, 0.2) is 24.3 Å². The van der Waals surface area contributed by atoms with Gasteiger partial charge in [0.05, 0.1) is 11.2 Å². The lowest BCUT2D eigenvalue weighted by molar-refractivity contribution is 0.0690. The highest BCUT2D eigenvalue weighted by atomic mass is 16.4. The predicted molar refractivity (Wildman–Crippen MR) is 79.5 cm³/mol. The zero-order valence-electron chi connectivity index (χ0n) is 11.7. The van der Waals surface area contributed by atoms with Crippen LogP contribution >= 0.6 is 0 Å². The van der Waals surface area contributed by atoms with Crippen LogP contribution in [0.5, 0.6) is 0 Å². The number of hydrogen-bond donors (Lipinski definition) is 1. The third-order valence-corrected chi connectivity index (χ3v) is 4.89. The normalized spacial score (nSPS) is 24.5. The van der Waals surface area contributed by atoms with Gasteiger partial charge in [0.1, 0.15) is 0 Å². The second-order valence-corrected chi connectivity index (χ2v) is 6.08. The number of hydrogen-bond acceptors (Lipinski definition) is 4. The summed E-state index contributed by atoms with van der Waals surface area (Å²) in [6, 6.07) is 7.66. The first-order chi connectivity index (χ1) is 10.2. The molecule has 0 spiro atoms. The molecular formula is C16H17N3O2. The summed E-state index contributed by atoms with van der Waals surface area (Å²) in [5.74, 6) is 0.414. The third kappa shape index (κ3) is 1.95. The van der Waals surface area contributed by atoms with Crippen LogP contribution in [-0.4, -0.2) is 34.4 Å². The van der Waals surface area contributed by atoms with E-state index in [0.29, 0.717) is 11.8 Å². The SMILES string of the molecule is O=C(O)c1nnc2ccccc2c1N1CC2CCCC2C1. The Hall–Kier alpha value is -2.17. The maximum atomic E-state index is 11.5. The number of carbonyl (C=O) groups is 1. The monoisotopic (exact) mass is 283 g/mol. The van der Waals surface area contributed by atoms with E-state index in [1.54, 1.807) is 0 Å². The Morgan fingerprint density at radius 2 is 1.86 bits per heavy atom. The van der Waals surface area contributed by atoms with Crippen LogP contribution in [0.3, 0.4) is 0 Å². The largest absolute Gasteiger partial charge is 0.476 e. The number of carboxylic acid groups (broad SMARTS) is 1. The molecule has 1 aromatic heterocycles. The molecule has 0 amide bonds. The van der Waals surface area contributed by atoms with Crippen LogP contribution < -0.4 is 4.90 Å². The van der Waals surface area contributed by atoms with Crippen molar-refractivity contribution in [3.05, 3.63) is 30.0 Å². The first kappa shape index (κ1) is 12.6. The predicted octanol–water partition coefficient (Wildman–Crippen LogP) is 2.56. The summed E-state index contributed by atoms with van der Waals surface area (Å²) >= 11 is 0. The van der Waals surface area contributed by atoms with E-state index in [1.807, 2.05) is 24.3 Å². The van der Waals surface area contributed by atoms with Gasteiger partial charge in [0.15, 0.2) is 5.69 Å². The van der Waals surface area contributed by atoms with E-state index in [2.05, 4.69) is 15.1 Å². The Morgan fingerprint density at radius 3 is 2.57 bits per heavy atom. The Balaban J connectivity index is 1.85. The fraction of sp³-hybridized carbons (Fsp3) is 0.438. The summed E-state index contributed by atoms with van der Waals surface area (Å²) in [7, 11) is 0. The molecule has 2 atom stereocenters. The maximum absolute atomic E-state index is 11.5. The summed E-state index contributed by atoms with van der Waals surface area (Å²) in [5, 5.41) is 18.4. The van der Waals surface area contributed by atoms with Crippen molar-refractivity contribution in [3.63, 3.8) is 0 Å². The van der Waals surface area contributed by atoms with Crippen molar-refractivity contribution >= 4 is 22.6 Å². The molecule has 108 valence electrons. The molecule has 1 saturated carbocycles. The number of rotatable bonds is 2. The molecule has 1 aliphatic carbocycles. The van der Waals surface area contributed by atoms with E-state index in [1.165, 1.54) is 19.3 Å². The molecular weight excluding hydrogens is 266 g/mol. The van der Waals surface area contributed by atoms with Crippen LogP contribution in [-0.2, 0) is 0 Å². The molecule has 2 unspecified atom stereocenters. The van der Waals surface area contributed by atoms with E-state index in [0.717, 1.165) is 29.7 Å². The lowest BCUT2D eigenvalue weighted by atomic mass is 10.0. The number of fused-ring (bicyclic) bond motifs is 2. The number of nitrogens with zero attached hydrogens (tertiary/aromatic N) is 3. The minimum atomic E-state index is -1.000. The fourth-order valence-corrected chi connectivity index (χ4v) is 3.92. The third-order valence-electron chi connectivity index (χ3n) is 4.89. The van der Waals surface area contributed by atoms with Gasteiger partial charge in [0.2, 0.25) is 0 Å².